The maximum Gasteiger partial charge on any atom is 0.326 e. The average molecular weight is 403 g/mol. The van der Waals surface area contributed by atoms with E-state index in [4.69, 9.17) is 0 Å². The van der Waals surface area contributed by atoms with Crippen LogP contribution in [0.4, 0.5) is 0 Å². The molecule has 1 saturated heterocycles. The summed E-state index contributed by atoms with van der Waals surface area (Å²) in [4.78, 5) is 38.5. The average Bonchev–Trinajstić information content (AvgIpc) is 2.97. The number of aryl methyl sites for hydroxylation is 1. The highest BCUT2D eigenvalue weighted by Crippen LogP contribution is 2.26. The van der Waals surface area contributed by atoms with Gasteiger partial charge in [0, 0.05) is 13.0 Å². The monoisotopic (exact) mass is 402 g/mol. The Hall–Kier alpha value is -2.37. The second-order valence-corrected chi connectivity index (χ2v) is 8.17. The van der Waals surface area contributed by atoms with Gasteiger partial charge in [-0.05, 0) is 38.2 Å². The van der Waals surface area contributed by atoms with Gasteiger partial charge < -0.3 is 15.3 Å². The van der Waals surface area contributed by atoms with E-state index >= 15 is 0 Å². The van der Waals surface area contributed by atoms with E-state index in [9.17, 15) is 19.5 Å². The van der Waals surface area contributed by atoms with Crippen LogP contribution in [-0.2, 0) is 20.8 Å². The molecule has 0 aromatic heterocycles. The minimum absolute atomic E-state index is 0.129. The highest BCUT2D eigenvalue weighted by atomic mass is 16.4. The van der Waals surface area contributed by atoms with E-state index in [0.717, 1.165) is 31.2 Å². The predicted molar refractivity (Wildman–Crippen MR) is 112 cm³/mol. The zero-order chi connectivity index (χ0) is 21.3. The van der Waals surface area contributed by atoms with Crippen molar-refractivity contribution in [1.82, 2.24) is 10.2 Å². The van der Waals surface area contributed by atoms with Gasteiger partial charge in [-0.25, -0.2) is 4.79 Å². The molecule has 1 aromatic rings. The third-order valence-electron chi connectivity index (χ3n) is 5.72. The normalized spacial score (nSPS) is 19.9. The van der Waals surface area contributed by atoms with Crippen molar-refractivity contribution in [3.63, 3.8) is 0 Å². The molecular formula is C23H34N2O4. The molecule has 1 aromatic carbocycles. The number of carbonyl (C=O) groups is 3. The number of hydrogen-bond acceptors (Lipinski definition) is 3. The fourth-order valence-corrected chi connectivity index (χ4v) is 3.90. The predicted octanol–water partition coefficient (Wildman–Crippen LogP) is 3.54. The Morgan fingerprint density at radius 2 is 1.86 bits per heavy atom. The second-order valence-electron chi connectivity index (χ2n) is 8.17. The number of unbranched alkanes of at least 4 members (excludes halogenated alkanes) is 4. The smallest absolute Gasteiger partial charge is 0.326 e. The van der Waals surface area contributed by atoms with Crippen molar-refractivity contribution in [2.24, 2.45) is 0 Å². The van der Waals surface area contributed by atoms with Gasteiger partial charge in [-0.3, -0.25) is 9.59 Å². The van der Waals surface area contributed by atoms with Crippen LogP contribution in [0.25, 0.3) is 0 Å². The zero-order valence-corrected chi connectivity index (χ0v) is 17.7. The third-order valence-corrected chi connectivity index (χ3v) is 5.72. The maximum absolute atomic E-state index is 13.0. The van der Waals surface area contributed by atoms with Gasteiger partial charge in [-0.15, -0.1) is 0 Å². The largest absolute Gasteiger partial charge is 0.480 e. The topological polar surface area (TPSA) is 86.7 Å². The van der Waals surface area contributed by atoms with E-state index < -0.39 is 17.6 Å². The summed E-state index contributed by atoms with van der Waals surface area (Å²) in [6.07, 6.45) is 7.05. The summed E-state index contributed by atoms with van der Waals surface area (Å²) in [6.45, 7) is 4.20. The summed E-state index contributed by atoms with van der Waals surface area (Å²) >= 11 is 0. The van der Waals surface area contributed by atoms with E-state index in [0.29, 0.717) is 32.2 Å². The number of likely N-dealkylation sites (tertiary alicyclic amines) is 1. The van der Waals surface area contributed by atoms with Gasteiger partial charge in [0.05, 0.1) is 0 Å². The summed E-state index contributed by atoms with van der Waals surface area (Å²) in [7, 11) is 0. The standard InChI is InChI=1S/C23H34N2O4/c1-3-4-5-6-10-13-20(26)24-23(2)16-17-25(22(23)29)19(21(27)28)15-14-18-11-8-7-9-12-18/h7-9,11-12,19H,3-6,10,13-17H2,1-2H3,(H,24,26)(H,27,28)/t19-,23-/m0/s1. The molecule has 2 amide bonds. The van der Waals surface area contributed by atoms with E-state index in [1.165, 1.54) is 11.3 Å². The first-order chi connectivity index (χ1) is 13.9. The molecule has 29 heavy (non-hydrogen) atoms. The molecule has 0 saturated carbocycles. The van der Waals surface area contributed by atoms with Crippen LogP contribution in [0.3, 0.4) is 0 Å². The number of amides is 2. The van der Waals surface area contributed by atoms with Crippen molar-refractivity contribution in [2.45, 2.75) is 83.2 Å². The van der Waals surface area contributed by atoms with Crippen molar-refractivity contribution in [2.75, 3.05) is 6.54 Å². The van der Waals surface area contributed by atoms with Gasteiger partial charge in [0.2, 0.25) is 11.8 Å². The molecule has 0 bridgehead atoms. The minimum atomic E-state index is -1.01. The molecule has 0 radical (unpaired) electrons. The summed E-state index contributed by atoms with van der Waals surface area (Å²) in [6, 6.07) is 8.78. The lowest BCUT2D eigenvalue weighted by molar-refractivity contribution is -0.150. The summed E-state index contributed by atoms with van der Waals surface area (Å²) in [5.74, 6) is -1.42. The van der Waals surface area contributed by atoms with Crippen LogP contribution in [-0.4, -0.2) is 45.9 Å². The molecule has 0 spiro atoms. The molecule has 6 nitrogen and oxygen atoms in total. The Bertz CT molecular complexity index is 691. The Morgan fingerprint density at radius 1 is 1.17 bits per heavy atom. The second kappa shape index (κ2) is 11.0. The van der Waals surface area contributed by atoms with Gasteiger partial charge in [0.1, 0.15) is 11.6 Å². The fraction of sp³-hybridized carbons (Fsp3) is 0.609. The molecule has 2 N–H and O–H groups in total. The van der Waals surface area contributed by atoms with Crippen molar-refractivity contribution >= 4 is 17.8 Å². The third kappa shape index (κ3) is 6.58. The van der Waals surface area contributed by atoms with Crippen LogP contribution in [0.5, 0.6) is 0 Å². The van der Waals surface area contributed by atoms with Crippen LogP contribution in [0.2, 0.25) is 0 Å². The van der Waals surface area contributed by atoms with Gasteiger partial charge >= 0.3 is 5.97 Å². The van der Waals surface area contributed by atoms with E-state index in [2.05, 4.69) is 12.2 Å². The summed E-state index contributed by atoms with van der Waals surface area (Å²) < 4.78 is 0. The SMILES string of the molecule is CCCCCCCC(=O)N[C@@]1(C)CCN([C@@H](CCc2ccccc2)C(=O)O)C1=O. The zero-order valence-electron chi connectivity index (χ0n) is 17.7. The lowest BCUT2D eigenvalue weighted by atomic mass is 9.99. The molecule has 0 aliphatic carbocycles. The minimum Gasteiger partial charge on any atom is -0.480 e. The molecule has 1 fully saturated rings. The van der Waals surface area contributed by atoms with Crippen LogP contribution in [0, 0.1) is 0 Å². The van der Waals surface area contributed by atoms with E-state index in [1.807, 2.05) is 30.3 Å². The molecule has 1 aliphatic heterocycles. The fourth-order valence-electron chi connectivity index (χ4n) is 3.90. The highest BCUT2D eigenvalue weighted by molar-refractivity contribution is 5.95. The number of nitrogens with one attached hydrogen (secondary N) is 1. The highest BCUT2D eigenvalue weighted by Gasteiger charge is 2.47. The number of carboxylic acids is 1. The van der Waals surface area contributed by atoms with Crippen LogP contribution in [0.15, 0.2) is 30.3 Å². The molecule has 160 valence electrons. The molecule has 2 rings (SSSR count). The first-order valence-corrected chi connectivity index (χ1v) is 10.8. The number of carbonyl (C=O) groups excluding carboxylic acids is 2. The first kappa shape index (κ1) is 22.9. The summed E-state index contributed by atoms with van der Waals surface area (Å²) in [5, 5.41) is 12.6. The van der Waals surface area contributed by atoms with E-state index in [1.54, 1.807) is 6.92 Å². The lowest BCUT2D eigenvalue weighted by Gasteiger charge is -2.28. The van der Waals surface area contributed by atoms with Crippen molar-refractivity contribution in [3.05, 3.63) is 35.9 Å². The molecular weight excluding hydrogens is 368 g/mol. The van der Waals surface area contributed by atoms with Gasteiger partial charge in [-0.1, -0.05) is 62.9 Å². The number of nitrogens with zero attached hydrogens (tertiary/aromatic N) is 1. The molecule has 1 heterocycles. The lowest BCUT2D eigenvalue weighted by Crippen LogP contribution is -2.54. The Kier molecular flexibility index (Phi) is 8.68. The summed E-state index contributed by atoms with van der Waals surface area (Å²) in [5.41, 5.74) is 0.0329. The number of aliphatic carboxylic acids is 1. The van der Waals surface area contributed by atoms with Gasteiger partial charge in [0.15, 0.2) is 0 Å². The van der Waals surface area contributed by atoms with Crippen molar-refractivity contribution < 1.29 is 19.5 Å². The Morgan fingerprint density at radius 3 is 2.52 bits per heavy atom. The maximum atomic E-state index is 13.0. The molecule has 0 unspecified atom stereocenters. The number of rotatable bonds is 12. The first-order valence-electron chi connectivity index (χ1n) is 10.8. The van der Waals surface area contributed by atoms with E-state index in [-0.39, 0.29) is 11.8 Å². The molecule has 6 heteroatoms. The Balaban J connectivity index is 1.91. The van der Waals surface area contributed by atoms with Crippen molar-refractivity contribution in [1.29, 1.82) is 0 Å². The van der Waals surface area contributed by atoms with Gasteiger partial charge in [0.25, 0.3) is 0 Å². The van der Waals surface area contributed by atoms with Crippen LogP contribution in [0.1, 0.15) is 70.8 Å². The quantitative estimate of drug-likeness (QED) is 0.524. The van der Waals surface area contributed by atoms with Crippen molar-refractivity contribution in [3.8, 4) is 0 Å². The van der Waals surface area contributed by atoms with Crippen LogP contribution < -0.4 is 5.32 Å². The molecule has 1 aliphatic rings. The Labute approximate surface area is 173 Å². The van der Waals surface area contributed by atoms with Crippen LogP contribution >= 0.6 is 0 Å². The number of carboxylic acid groups (broad SMARTS) is 1. The van der Waals surface area contributed by atoms with Gasteiger partial charge in [-0.2, -0.15) is 0 Å². The molecule has 2 atom stereocenters. The number of hydrogen-bond donors (Lipinski definition) is 2. The number of benzene rings is 1.